The average Bonchev–Trinajstić information content (AvgIpc) is 2.67. The van der Waals surface area contributed by atoms with E-state index in [4.69, 9.17) is 0 Å². The summed E-state index contributed by atoms with van der Waals surface area (Å²) in [6.07, 6.45) is 0.853. The number of piperazine rings is 1. The number of halogens is 2. The van der Waals surface area contributed by atoms with Gasteiger partial charge in [-0.3, -0.25) is 9.69 Å². The van der Waals surface area contributed by atoms with E-state index < -0.39 is 5.82 Å². The largest absolute Gasteiger partial charge is 0.369 e. The fourth-order valence-corrected chi connectivity index (χ4v) is 3.69. The predicted octanol–water partition coefficient (Wildman–Crippen LogP) is 3.84. The zero-order valence-electron chi connectivity index (χ0n) is 15.5. The Labute approximate surface area is 168 Å². The van der Waals surface area contributed by atoms with E-state index >= 15 is 0 Å². The van der Waals surface area contributed by atoms with E-state index in [1.54, 1.807) is 6.07 Å². The molecule has 0 radical (unpaired) electrons. The van der Waals surface area contributed by atoms with Crippen LogP contribution >= 0.6 is 15.9 Å². The molecular formula is C21H25BrFN3O. The molecule has 0 aromatic heterocycles. The first kappa shape index (κ1) is 19.8. The van der Waals surface area contributed by atoms with Crippen LogP contribution in [0, 0.1) is 12.7 Å². The normalized spacial score (nSPS) is 15.0. The van der Waals surface area contributed by atoms with Gasteiger partial charge in [0.2, 0.25) is 0 Å². The van der Waals surface area contributed by atoms with E-state index in [-0.39, 0.29) is 11.5 Å². The van der Waals surface area contributed by atoms with Crippen molar-refractivity contribution in [2.45, 2.75) is 13.3 Å². The molecule has 2 aromatic rings. The molecule has 144 valence electrons. The molecule has 0 spiro atoms. The summed E-state index contributed by atoms with van der Waals surface area (Å²) in [6, 6.07) is 13.0. The lowest BCUT2D eigenvalue weighted by Gasteiger charge is -2.36. The van der Waals surface area contributed by atoms with Crippen LogP contribution in [0.1, 0.15) is 22.3 Å². The summed E-state index contributed by atoms with van der Waals surface area (Å²) in [5.41, 5.74) is 2.65. The van der Waals surface area contributed by atoms with Crippen molar-refractivity contribution in [2.24, 2.45) is 0 Å². The molecule has 0 aliphatic carbocycles. The van der Waals surface area contributed by atoms with E-state index in [1.165, 1.54) is 23.4 Å². The summed E-state index contributed by atoms with van der Waals surface area (Å²) < 4.78 is 14.4. The predicted molar refractivity (Wildman–Crippen MR) is 111 cm³/mol. The third-order valence-electron chi connectivity index (χ3n) is 4.85. The average molecular weight is 434 g/mol. The van der Waals surface area contributed by atoms with Gasteiger partial charge >= 0.3 is 0 Å². The molecule has 0 unspecified atom stereocenters. The highest BCUT2D eigenvalue weighted by Crippen LogP contribution is 2.18. The molecular weight excluding hydrogens is 409 g/mol. The zero-order chi connectivity index (χ0) is 19.2. The van der Waals surface area contributed by atoms with Crippen LogP contribution in [-0.2, 0) is 0 Å². The number of rotatable bonds is 6. The molecule has 4 nitrogen and oxygen atoms in total. The molecule has 27 heavy (non-hydrogen) atoms. The van der Waals surface area contributed by atoms with E-state index in [2.05, 4.69) is 62.2 Å². The number of benzene rings is 2. The van der Waals surface area contributed by atoms with Crippen molar-refractivity contribution in [1.82, 2.24) is 10.2 Å². The first-order valence-electron chi connectivity index (χ1n) is 9.30. The highest BCUT2D eigenvalue weighted by molar-refractivity contribution is 9.10. The van der Waals surface area contributed by atoms with Crippen LogP contribution in [0.25, 0.3) is 0 Å². The lowest BCUT2D eigenvalue weighted by atomic mass is 10.2. The fraction of sp³-hybridized carbons (Fsp3) is 0.381. The minimum absolute atomic E-state index is 0.0798. The molecule has 6 heteroatoms. The Balaban J connectivity index is 1.38. The van der Waals surface area contributed by atoms with Gasteiger partial charge in [-0.25, -0.2) is 4.39 Å². The third-order valence-corrected chi connectivity index (χ3v) is 5.34. The van der Waals surface area contributed by atoms with Crippen molar-refractivity contribution < 1.29 is 9.18 Å². The number of aryl methyl sites for hydroxylation is 1. The van der Waals surface area contributed by atoms with Crippen LogP contribution in [0.4, 0.5) is 10.1 Å². The summed E-state index contributed by atoms with van der Waals surface area (Å²) in [5, 5.41) is 2.81. The van der Waals surface area contributed by atoms with Crippen LogP contribution in [0.5, 0.6) is 0 Å². The molecule has 0 atom stereocenters. The molecule has 0 bridgehead atoms. The van der Waals surface area contributed by atoms with Gasteiger partial charge in [-0.1, -0.05) is 28.1 Å². The monoisotopic (exact) mass is 433 g/mol. The Morgan fingerprint density at radius 2 is 1.93 bits per heavy atom. The maximum absolute atomic E-state index is 13.7. The van der Waals surface area contributed by atoms with Gasteiger partial charge in [-0.2, -0.15) is 0 Å². The second-order valence-electron chi connectivity index (χ2n) is 6.90. The maximum atomic E-state index is 13.7. The van der Waals surface area contributed by atoms with Crippen LogP contribution in [-0.4, -0.2) is 50.1 Å². The first-order chi connectivity index (χ1) is 13.0. The molecule has 1 heterocycles. The molecule has 3 rings (SSSR count). The Morgan fingerprint density at radius 3 is 2.67 bits per heavy atom. The number of hydrogen-bond donors (Lipinski definition) is 1. The van der Waals surface area contributed by atoms with Crippen molar-refractivity contribution in [3.63, 3.8) is 0 Å². The van der Waals surface area contributed by atoms with E-state index in [9.17, 15) is 9.18 Å². The van der Waals surface area contributed by atoms with Gasteiger partial charge in [0.05, 0.1) is 5.56 Å². The van der Waals surface area contributed by atoms with E-state index in [0.29, 0.717) is 11.0 Å². The second-order valence-corrected chi connectivity index (χ2v) is 7.82. The number of hydrogen-bond acceptors (Lipinski definition) is 3. The zero-order valence-corrected chi connectivity index (χ0v) is 17.1. The standard InChI is InChI=1S/C21H25BrFN3O/c1-16-4-2-5-18(14-16)26-12-10-25(11-13-26)9-3-8-24-21(27)19-15-17(22)6-7-20(19)23/h2,4-7,14-15H,3,8-13H2,1H3,(H,24,27). The van der Waals surface area contributed by atoms with Crippen molar-refractivity contribution in [2.75, 3.05) is 44.2 Å². The number of carbonyl (C=O) groups is 1. The minimum atomic E-state index is -0.497. The van der Waals surface area contributed by atoms with Crippen molar-refractivity contribution >= 4 is 27.5 Å². The molecule has 1 saturated heterocycles. The fourth-order valence-electron chi connectivity index (χ4n) is 3.33. The second kappa shape index (κ2) is 9.33. The number of amides is 1. The van der Waals surface area contributed by atoms with E-state index in [0.717, 1.165) is 39.1 Å². The summed E-state index contributed by atoms with van der Waals surface area (Å²) in [6.45, 7) is 7.66. The lowest BCUT2D eigenvalue weighted by Crippen LogP contribution is -2.47. The molecule has 2 aromatic carbocycles. The highest BCUT2D eigenvalue weighted by atomic mass is 79.9. The van der Waals surface area contributed by atoms with Crippen molar-refractivity contribution in [1.29, 1.82) is 0 Å². The number of nitrogens with one attached hydrogen (secondary N) is 1. The topological polar surface area (TPSA) is 35.6 Å². The maximum Gasteiger partial charge on any atom is 0.254 e. The molecule has 0 saturated carbocycles. The summed E-state index contributed by atoms with van der Waals surface area (Å²) in [4.78, 5) is 16.9. The van der Waals surface area contributed by atoms with Crippen LogP contribution < -0.4 is 10.2 Å². The van der Waals surface area contributed by atoms with Gasteiger partial charge < -0.3 is 10.2 Å². The summed E-state index contributed by atoms with van der Waals surface area (Å²) in [5.74, 6) is -0.860. The van der Waals surface area contributed by atoms with Crippen LogP contribution in [0.3, 0.4) is 0 Å². The molecule has 1 N–H and O–H groups in total. The van der Waals surface area contributed by atoms with E-state index in [1.807, 2.05) is 0 Å². The SMILES string of the molecule is Cc1cccc(N2CCN(CCCNC(=O)c3cc(Br)ccc3F)CC2)c1. The molecule has 1 aliphatic rings. The lowest BCUT2D eigenvalue weighted by molar-refractivity contribution is 0.0947. The van der Waals surface area contributed by atoms with Gasteiger partial charge in [0, 0.05) is 42.9 Å². The molecule has 1 fully saturated rings. The Bertz CT molecular complexity index is 791. The first-order valence-corrected chi connectivity index (χ1v) is 10.1. The quantitative estimate of drug-likeness (QED) is 0.702. The molecule has 1 aliphatic heterocycles. The van der Waals surface area contributed by atoms with Gasteiger partial charge in [0.15, 0.2) is 0 Å². The number of carbonyl (C=O) groups excluding carboxylic acids is 1. The third kappa shape index (κ3) is 5.53. The Morgan fingerprint density at radius 1 is 1.15 bits per heavy atom. The van der Waals surface area contributed by atoms with Gasteiger partial charge in [0.25, 0.3) is 5.91 Å². The Hall–Kier alpha value is -1.92. The summed E-state index contributed by atoms with van der Waals surface area (Å²) in [7, 11) is 0. The van der Waals surface area contributed by atoms with Gasteiger partial charge in [0.1, 0.15) is 5.82 Å². The molecule has 1 amide bonds. The minimum Gasteiger partial charge on any atom is -0.369 e. The number of anilines is 1. The smallest absolute Gasteiger partial charge is 0.254 e. The van der Waals surface area contributed by atoms with Crippen molar-refractivity contribution in [3.8, 4) is 0 Å². The van der Waals surface area contributed by atoms with Crippen LogP contribution in [0.2, 0.25) is 0 Å². The van der Waals surface area contributed by atoms with Crippen molar-refractivity contribution in [3.05, 3.63) is 63.9 Å². The Kier molecular flexibility index (Phi) is 6.85. The van der Waals surface area contributed by atoms with Crippen LogP contribution in [0.15, 0.2) is 46.9 Å². The highest BCUT2D eigenvalue weighted by Gasteiger charge is 2.17. The van der Waals surface area contributed by atoms with Gasteiger partial charge in [-0.05, 0) is 55.8 Å². The summed E-state index contributed by atoms with van der Waals surface area (Å²) >= 11 is 3.27. The van der Waals surface area contributed by atoms with Gasteiger partial charge in [-0.15, -0.1) is 0 Å². The number of nitrogens with zero attached hydrogens (tertiary/aromatic N) is 2.